The molecule has 21 heavy (non-hydrogen) atoms. The molecule has 116 valence electrons. The number of piperidine rings is 1. The average molecular weight is 291 g/mol. The van der Waals surface area contributed by atoms with Crippen LogP contribution < -0.4 is 4.74 Å². The molecule has 2 fully saturated rings. The van der Waals surface area contributed by atoms with Gasteiger partial charge >= 0.3 is 0 Å². The molecule has 2 aliphatic rings. The quantitative estimate of drug-likeness (QED) is 0.926. The minimum atomic E-state index is -0.822. The van der Waals surface area contributed by atoms with Gasteiger partial charge in [-0.05, 0) is 39.8 Å². The highest BCUT2D eigenvalue weighted by molar-refractivity contribution is 5.39. The van der Waals surface area contributed by atoms with Crippen LogP contribution in [0, 0.1) is 0 Å². The molecule has 2 aliphatic heterocycles. The Kier molecular flexibility index (Phi) is 3.95. The summed E-state index contributed by atoms with van der Waals surface area (Å²) in [6.45, 7) is 5.42. The maximum atomic E-state index is 11.3. The molecule has 0 spiro atoms. The molecule has 4 nitrogen and oxygen atoms in total. The van der Waals surface area contributed by atoms with E-state index in [2.05, 4.69) is 11.9 Å². The summed E-state index contributed by atoms with van der Waals surface area (Å²) in [7, 11) is 2.13. The monoisotopic (exact) mass is 291 g/mol. The Labute approximate surface area is 126 Å². The summed E-state index contributed by atoms with van der Waals surface area (Å²) in [4.78, 5) is 2.35. The Hall–Kier alpha value is -1.10. The standard InChI is InChI=1S/C17H25NO3/c1-12(2)21-16-7-5-4-6-15(16)17(19)8-13-10-20-11-14(9-17)18(13)3/h4-7,12-14,19H,8-11H2,1-3H3. The van der Waals surface area contributed by atoms with Crippen LogP contribution in [-0.2, 0) is 10.3 Å². The third kappa shape index (κ3) is 2.80. The molecular weight excluding hydrogens is 266 g/mol. The van der Waals surface area contributed by atoms with Gasteiger partial charge in [-0.15, -0.1) is 0 Å². The number of ether oxygens (including phenoxy) is 2. The van der Waals surface area contributed by atoms with Gasteiger partial charge in [0.05, 0.1) is 24.9 Å². The van der Waals surface area contributed by atoms with Gasteiger partial charge < -0.3 is 14.6 Å². The molecule has 2 heterocycles. The third-order valence-corrected chi connectivity index (χ3v) is 4.67. The molecule has 2 unspecified atom stereocenters. The van der Waals surface area contributed by atoms with Gasteiger partial charge in [0.1, 0.15) is 5.75 Å². The summed E-state index contributed by atoms with van der Waals surface area (Å²) in [5, 5.41) is 11.3. The third-order valence-electron chi connectivity index (χ3n) is 4.67. The predicted molar refractivity (Wildman–Crippen MR) is 81.5 cm³/mol. The molecule has 4 heteroatoms. The molecular formula is C17H25NO3. The van der Waals surface area contributed by atoms with E-state index in [-0.39, 0.29) is 18.2 Å². The van der Waals surface area contributed by atoms with Crippen LogP contribution >= 0.6 is 0 Å². The van der Waals surface area contributed by atoms with Gasteiger partial charge in [-0.25, -0.2) is 0 Å². The number of morpholine rings is 1. The van der Waals surface area contributed by atoms with E-state index < -0.39 is 5.60 Å². The molecule has 1 N–H and O–H groups in total. The zero-order valence-corrected chi connectivity index (χ0v) is 13.1. The predicted octanol–water partition coefficient (Wildman–Crippen LogP) is 2.15. The zero-order chi connectivity index (χ0) is 15.0. The number of aliphatic hydroxyl groups is 1. The maximum absolute atomic E-state index is 11.3. The summed E-state index contributed by atoms with van der Waals surface area (Å²) in [5.74, 6) is 0.804. The highest BCUT2D eigenvalue weighted by Crippen LogP contribution is 2.43. The van der Waals surface area contributed by atoms with Crippen molar-refractivity contribution in [2.24, 2.45) is 0 Å². The Bertz CT molecular complexity index is 489. The number of likely N-dealkylation sites (N-methyl/N-ethyl adjacent to an activating group) is 1. The van der Waals surface area contributed by atoms with Gasteiger partial charge in [-0.2, -0.15) is 0 Å². The van der Waals surface area contributed by atoms with Crippen LogP contribution in [-0.4, -0.2) is 48.5 Å². The lowest BCUT2D eigenvalue weighted by Gasteiger charge is -2.50. The Morgan fingerprint density at radius 2 is 1.86 bits per heavy atom. The fourth-order valence-electron chi connectivity index (χ4n) is 3.57. The summed E-state index contributed by atoms with van der Waals surface area (Å²) in [5.41, 5.74) is 0.0978. The Balaban J connectivity index is 1.92. The number of nitrogens with zero attached hydrogens (tertiary/aromatic N) is 1. The highest BCUT2D eigenvalue weighted by Gasteiger charge is 2.46. The van der Waals surface area contributed by atoms with Crippen LogP contribution in [0.15, 0.2) is 24.3 Å². The number of benzene rings is 1. The summed E-state index contributed by atoms with van der Waals surface area (Å²) < 4.78 is 11.6. The van der Waals surface area contributed by atoms with Crippen LogP contribution in [0.25, 0.3) is 0 Å². The lowest BCUT2D eigenvalue weighted by molar-refractivity contribution is -0.138. The van der Waals surface area contributed by atoms with Crippen molar-refractivity contribution < 1.29 is 14.6 Å². The van der Waals surface area contributed by atoms with Gasteiger partial charge in [0.25, 0.3) is 0 Å². The van der Waals surface area contributed by atoms with Crippen molar-refractivity contribution in [1.82, 2.24) is 4.90 Å². The smallest absolute Gasteiger partial charge is 0.125 e. The molecule has 0 aromatic heterocycles. The van der Waals surface area contributed by atoms with Crippen molar-refractivity contribution in [3.63, 3.8) is 0 Å². The second-order valence-corrected chi connectivity index (χ2v) is 6.61. The highest BCUT2D eigenvalue weighted by atomic mass is 16.5. The van der Waals surface area contributed by atoms with Crippen LogP contribution in [0.3, 0.4) is 0 Å². The molecule has 0 radical (unpaired) electrons. The van der Waals surface area contributed by atoms with Crippen molar-refractivity contribution in [3.05, 3.63) is 29.8 Å². The second-order valence-electron chi connectivity index (χ2n) is 6.61. The van der Waals surface area contributed by atoms with E-state index in [1.807, 2.05) is 38.1 Å². The number of hydrogen-bond donors (Lipinski definition) is 1. The van der Waals surface area contributed by atoms with Crippen LogP contribution in [0.4, 0.5) is 0 Å². The van der Waals surface area contributed by atoms with Crippen LogP contribution in [0.2, 0.25) is 0 Å². The van der Waals surface area contributed by atoms with E-state index in [1.54, 1.807) is 0 Å². The minimum absolute atomic E-state index is 0.101. The van der Waals surface area contributed by atoms with Crippen molar-refractivity contribution in [1.29, 1.82) is 0 Å². The van der Waals surface area contributed by atoms with E-state index in [9.17, 15) is 5.11 Å². The van der Waals surface area contributed by atoms with E-state index in [1.165, 1.54) is 0 Å². The topological polar surface area (TPSA) is 41.9 Å². The summed E-state index contributed by atoms with van der Waals surface area (Å²) in [6, 6.07) is 8.44. The lowest BCUT2D eigenvalue weighted by Crippen LogP contribution is -2.59. The molecule has 0 amide bonds. The second kappa shape index (κ2) is 5.59. The first-order valence-corrected chi connectivity index (χ1v) is 7.78. The van der Waals surface area contributed by atoms with E-state index in [0.29, 0.717) is 26.1 Å². The first-order valence-electron chi connectivity index (χ1n) is 7.78. The van der Waals surface area contributed by atoms with E-state index in [0.717, 1.165) is 11.3 Å². The van der Waals surface area contributed by atoms with Crippen LogP contribution in [0.1, 0.15) is 32.3 Å². The molecule has 2 saturated heterocycles. The largest absolute Gasteiger partial charge is 0.491 e. The summed E-state index contributed by atoms with van der Waals surface area (Å²) in [6.07, 6.45) is 1.49. The van der Waals surface area contributed by atoms with Crippen molar-refractivity contribution in [3.8, 4) is 5.75 Å². The van der Waals surface area contributed by atoms with Crippen molar-refractivity contribution >= 4 is 0 Å². The number of rotatable bonds is 3. The van der Waals surface area contributed by atoms with Gasteiger partial charge in [0.2, 0.25) is 0 Å². The first kappa shape index (κ1) is 14.8. The average Bonchev–Trinajstić information content (AvgIpc) is 2.41. The van der Waals surface area contributed by atoms with Crippen LogP contribution in [0.5, 0.6) is 5.75 Å². The van der Waals surface area contributed by atoms with Gasteiger partial charge in [-0.1, -0.05) is 18.2 Å². The van der Waals surface area contributed by atoms with Gasteiger partial charge in [0.15, 0.2) is 0 Å². The summed E-state index contributed by atoms with van der Waals surface area (Å²) >= 11 is 0. The fourth-order valence-corrected chi connectivity index (χ4v) is 3.57. The number of para-hydroxylation sites is 1. The molecule has 2 bridgehead atoms. The molecule has 0 aliphatic carbocycles. The fraction of sp³-hybridized carbons (Fsp3) is 0.647. The first-order chi connectivity index (χ1) is 9.99. The van der Waals surface area contributed by atoms with E-state index in [4.69, 9.17) is 9.47 Å². The number of fused-ring (bicyclic) bond motifs is 2. The SMILES string of the molecule is CC(C)Oc1ccccc1C1(O)CC2COCC(C1)N2C. The Morgan fingerprint density at radius 3 is 2.48 bits per heavy atom. The molecule has 3 rings (SSSR count). The van der Waals surface area contributed by atoms with E-state index >= 15 is 0 Å². The van der Waals surface area contributed by atoms with Crippen molar-refractivity contribution in [2.45, 2.75) is 50.5 Å². The van der Waals surface area contributed by atoms with Gasteiger partial charge in [-0.3, -0.25) is 4.90 Å². The normalized spacial score (nSPS) is 33.2. The molecule has 0 saturated carbocycles. The molecule has 1 aromatic rings. The van der Waals surface area contributed by atoms with Crippen molar-refractivity contribution in [2.75, 3.05) is 20.3 Å². The zero-order valence-electron chi connectivity index (χ0n) is 13.1. The maximum Gasteiger partial charge on any atom is 0.125 e. The number of hydrogen-bond acceptors (Lipinski definition) is 4. The minimum Gasteiger partial charge on any atom is -0.491 e. The van der Waals surface area contributed by atoms with Gasteiger partial charge in [0, 0.05) is 17.6 Å². The lowest BCUT2D eigenvalue weighted by atomic mass is 9.77. The molecule has 2 atom stereocenters. The molecule has 1 aromatic carbocycles. The Morgan fingerprint density at radius 1 is 1.24 bits per heavy atom.